The second-order valence-electron chi connectivity index (χ2n) is 6.76. The van der Waals surface area contributed by atoms with E-state index in [1.807, 2.05) is 44.2 Å². The molecule has 3 N–H and O–H groups in total. The monoisotopic (exact) mass is 337 g/mol. The third-order valence-corrected chi connectivity index (χ3v) is 4.77. The molecule has 6 heteroatoms. The van der Waals surface area contributed by atoms with Crippen LogP contribution in [0.25, 0.3) is 11.1 Å². The van der Waals surface area contributed by atoms with Gasteiger partial charge in [-0.1, -0.05) is 24.3 Å². The predicted octanol–water partition coefficient (Wildman–Crippen LogP) is 2.73. The molecule has 0 fully saturated rings. The second kappa shape index (κ2) is 5.51. The number of nitrogens with one attached hydrogen (secondary N) is 3. The normalized spacial score (nSPS) is 20.1. The minimum Gasteiger partial charge on any atom is -0.408 e. The van der Waals surface area contributed by atoms with Crippen molar-refractivity contribution in [2.45, 2.75) is 31.8 Å². The van der Waals surface area contributed by atoms with Crippen molar-refractivity contribution in [3.63, 3.8) is 0 Å². The fraction of sp³-hybridized carbons (Fsp3) is 0.263. The first-order valence-corrected chi connectivity index (χ1v) is 8.24. The topological polar surface area (TPSA) is 87.1 Å². The molecule has 0 radical (unpaired) electrons. The number of rotatable bonds is 3. The Labute approximate surface area is 144 Å². The van der Waals surface area contributed by atoms with Crippen molar-refractivity contribution in [3.05, 3.63) is 64.1 Å². The summed E-state index contributed by atoms with van der Waals surface area (Å²) >= 11 is 0. The molecule has 2 heterocycles. The van der Waals surface area contributed by atoms with Crippen LogP contribution in [0.4, 0.5) is 5.69 Å². The molecule has 3 aromatic rings. The number of aromatic amines is 1. The SMILES string of the molecule is CC(NC(=O)C1(C)Cc2ccccc2N1)c1ccc2[nH]c(=O)oc2c1. The standard InChI is InChI=1S/C19H19N3O3/c1-11(12-7-8-15-16(9-12)25-18(24)21-15)20-17(23)19(2)10-13-5-3-4-6-14(13)22-19/h3-9,11,22H,10H2,1-2H3,(H,20,23)(H,21,24). The predicted molar refractivity (Wildman–Crippen MR) is 95.6 cm³/mol. The maximum Gasteiger partial charge on any atom is 0.417 e. The van der Waals surface area contributed by atoms with Crippen LogP contribution in [0.2, 0.25) is 0 Å². The van der Waals surface area contributed by atoms with Gasteiger partial charge in [0.2, 0.25) is 5.91 Å². The second-order valence-corrected chi connectivity index (χ2v) is 6.76. The van der Waals surface area contributed by atoms with Gasteiger partial charge in [0, 0.05) is 12.1 Å². The van der Waals surface area contributed by atoms with E-state index in [4.69, 9.17) is 4.42 Å². The molecule has 1 aliphatic heterocycles. The molecule has 0 spiro atoms. The summed E-state index contributed by atoms with van der Waals surface area (Å²) in [6.45, 7) is 3.82. The molecule has 0 aliphatic carbocycles. The van der Waals surface area contributed by atoms with Gasteiger partial charge in [0.15, 0.2) is 5.58 Å². The molecule has 1 aromatic heterocycles. The largest absolute Gasteiger partial charge is 0.417 e. The van der Waals surface area contributed by atoms with Crippen LogP contribution in [0.3, 0.4) is 0 Å². The Morgan fingerprint density at radius 1 is 1.28 bits per heavy atom. The number of carbonyl (C=O) groups excluding carboxylic acids is 1. The van der Waals surface area contributed by atoms with Gasteiger partial charge in [0.05, 0.1) is 11.6 Å². The molecule has 1 amide bonds. The van der Waals surface area contributed by atoms with Gasteiger partial charge in [-0.15, -0.1) is 0 Å². The van der Waals surface area contributed by atoms with Gasteiger partial charge in [0.25, 0.3) is 0 Å². The van der Waals surface area contributed by atoms with E-state index < -0.39 is 11.3 Å². The molecule has 25 heavy (non-hydrogen) atoms. The van der Waals surface area contributed by atoms with Crippen LogP contribution in [0, 0.1) is 0 Å². The summed E-state index contributed by atoms with van der Waals surface area (Å²) in [5.74, 6) is -0.545. The minimum atomic E-state index is -0.678. The zero-order valence-electron chi connectivity index (χ0n) is 14.1. The van der Waals surface area contributed by atoms with Crippen molar-refractivity contribution in [1.29, 1.82) is 0 Å². The van der Waals surface area contributed by atoms with Gasteiger partial charge in [-0.05, 0) is 43.2 Å². The van der Waals surface area contributed by atoms with Gasteiger partial charge in [0.1, 0.15) is 5.54 Å². The maximum absolute atomic E-state index is 12.8. The lowest BCUT2D eigenvalue weighted by Crippen LogP contribution is -2.49. The summed E-state index contributed by atoms with van der Waals surface area (Å²) in [6, 6.07) is 13.2. The molecule has 4 rings (SSSR count). The van der Waals surface area contributed by atoms with Crippen LogP contribution in [-0.2, 0) is 11.2 Å². The number of hydrogen-bond acceptors (Lipinski definition) is 4. The van der Waals surface area contributed by atoms with Crippen molar-refractivity contribution >= 4 is 22.7 Å². The first-order valence-electron chi connectivity index (χ1n) is 8.24. The number of carbonyl (C=O) groups is 1. The maximum atomic E-state index is 12.8. The van der Waals surface area contributed by atoms with Crippen LogP contribution in [0.1, 0.15) is 31.0 Å². The van der Waals surface area contributed by atoms with Crippen LogP contribution < -0.4 is 16.4 Å². The third-order valence-electron chi connectivity index (χ3n) is 4.77. The fourth-order valence-electron chi connectivity index (χ4n) is 3.33. The molecule has 128 valence electrons. The van der Waals surface area contributed by atoms with E-state index in [1.165, 1.54) is 0 Å². The van der Waals surface area contributed by atoms with E-state index in [2.05, 4.69) is 15.6 Å². The molecular formula is C19H19N3O3. The number of fused-ring (bicyclic) bond motifs is 2. The average molecular weight is 337 g/mol. The summed E-state index contributed by atoms with van der Waals surface area (Å²) in [7, 11) is 0. The lowest BCUT2D eigenvalue weighted by atomic mass is 9.95. The molecular weight excluding hydrogens is 318 g/mol. The summed E-state index contributed by atoms with van der Waals surface area (Å²) in [4.78, 5) is 26.7. The lowest BCUT2D eigenvalue weighted by molar-refractivity contribution is -0.125. The molecule has 2 unspecified atom stereocenters. The van der Waals surface area contributed by atoms with Crippen LogP contribution in [-0.4, -0.2) is 16.4 Å². The molecule has 6 nitrogen and oxygen atoms in total. The van der Waals surface area contributed by atoms with Crippen LogP contribution >= 0.6 is 0 Å². The zero-order chi connectivity index (χ0) is 17.6. The van der Waals surface area contributed by atoms with E-state index in [9.17, 15) is 9.59 Å². The Morgan fingerprint density at radius 3 is 2.88 bits per heavy atom. The molecule has 0 bridgehead atoms. The Bertz CT molecular complexity index is 993. The Balaban J connectivity index is 1.52. The molecule has 1 aliphatic rings. The van der Waals surface area contributed by atoms with Gasteiger partial charge in [-0.3, -0.25) is 9.78 Å². The van der Waals surface area contributed by atoms with E-state index in [1.54, 1.807) is 12.1 Å². The first-order chi connectivity index (χ1) is 11.9. The highest BCUT2D eigenvalue weighted by Gasteiger charge is 2.39. The van der Waals surface area contributed by atoms with E-state index in [-0.39, 0.29) is 11.9 Å². The highest BCUT2D eigenvalue weighted by Crippen LogP contribution is 2.32. The summed E-state index contributed by atoms with van der Waals surface area (Å²) < 4.78 is 5.09. The number of benzene rings is 2. The quantitative estimate of drug-likeness (QED) is 0.686. The van der Waals surface area contributed by atoms with Crippen molar-refractivity contribution < 1.29 is 9.21 Å². The van der Waals surface area contributed by atoms with Crippen molar-refractivity contribution in [1.82, 2.24) is 10.3 Å². The number of aromatic nitrogens is 1. The van der Waals surface area contributed by atoms with Gasteiger partial charge in [-0.2, -0.15) is 0 Å². The highest BCUT2D eigenvalue weighted by molar-refractivity contribution is 5.92. The Morgan fingerprint density at radius 2 is 2.08 bits per heavy atom. The van der Waals surface area contributed by atoms with Crippen molar-refractivity contribution in [3.8, 4) is 0 Å². The highest BCUT2D eigenvalue weighted by atomic mass is 16.4. The van der Waals surface area contributed by atoms with Gasteiger partial charge < -0.3 is 15.1 Å². The number of para-hydroxylation sites is 1. The van der Waals surface area contributed by atoms with E-state index in [0.29, 0.717) is 17.5 Å². The third kappa shape index (κ3) is 2.69. The Hall–Kier alpha value is -3.02. The number of oxazole rings is 1. The summed E-state index contributed by atoms with van der Waals surface area (Å²) in [5, 5.41) is 6.38. The van der Waals surface area contributed by atoms with Gasteiger partial charge >= 0.3 is 5.76 Å². The molecule has 0 saturated heterocycles. The average Bonchev–Trinajstić information content (AvgIpc) is 3.12. The molecule has 2 atom stereocenters. The van der Waals surface area contributed by atoms with Crippen molar-refractivity contribution in [2.24, 2.45) is 0 Å². The van der Waals surface area contributed by atoms with E-state index >= 15 is 0 Å². The Kier molecular flexibility index (Phi) is 3.42. The smallest absolute Gasteiger partial charge is 0.408 e. The summed E-state index contributed by atoms with van der Waals surface area (Å²) in [5.41, 5.74) is 3.48. The minimum absolute atomic E-state index is 0.0631. The molecule has 0 saturated carbocycles. The fourth-order valence-corrected chi connectivity index (χ4v) is 3.33. The summed E-state index contributed by atoms with van der Waals surface area (Å²) in [6.07, 6.45) is 0.646. The van der Waals surface area contributed by atoms with E-state index in [0.717, 1.165) is 16.8 Å². The number of anilines is 1. The number of hydrogen-bond donors (Lipinski definition) is 3. The number of H-pyrrole nitrogens is 1. The zero-order valence-corrected chi connectivity index (χ0v) is 14.1. The first kappa shape index (κ1) is 15.5. The van der Waals surface area contributed by atoms with Gasteiger partial charge in [-0.25, -0.2) is 4.79 Å². The molecule has 2 aromatic carbocycles. The van der Waals surface area contributed by atoms with Crippen molar-refractivity contribution in [2.75, 3.05) is 5.32 Å². The van der Waals surface area contributed by atoms with Crippen LogP contribution in [0.15, 0.2) is 51.7 Å². The number of amides is 1. The lowest BCUT2D eigenvalue weighted by Gasteiger charge is -2.26. The van der Waals surface area contributed by atoms with Crippen LogP contribution in [0.5, 0.6) is 0 Å².